The molecule has 1 aromatic carbocycles. The average Bonchev–Trinajstić information content (AvgIpc) is 2.36. The van der Waals surface area contributed by atoms with Crippen LogP contribution in [0.25, 0.3) is 0 Å². The summed E-state index contributed by atoms with van der Waals surface area (Å²) in [6, 6.07) is 3.63. The molecule has 0 aliphatic heterocycles. The molecule has 1 aromatic rings. The zero-order valence-corrected chi connectivity index (χ0v) is 10.5. The lowest BCUT2D eigenvalue weighted by molar-refractivity contribution is -0.122. The third-order valence-corrected chi connectivity index (χ3v) is 3.65. The summed E-state index contributed by atoms with van der Waals surface area (Å²) in [6.45, 7) is -1.76. The molecule has 0 fully saturated rings. The minimum absolute atomic E-state index is 0.207. The van der Waals surface area contributed by atoms with Crippen LogP contribution in [0.1, 0.15) is 10.4 Å². The highest BCUT2D eigenvalue weighted by atomic mass is 32.2. The van der Waals surface area contributed by atoms with Crippen LogP contribution in [-0.4, -0.2) is 38.4 Å². The Morgan fingerprint density at radius 3 is 2.15 bits per heavy atom. The number of halogens is 4. The molecule has 0 atom stereocenters. The number of hydrogen-bond donors (Lipinski definition) is 2. The van der Waals surface area contributed by atoms with E-state index in [1.54, 1.807) is 0 Å². The smallest absolute Gasteiger partial charge is 0.335 e. The van der Waals surface area contributed by atoms with Gasteiger partial charge >= 0.3 is 18.3 Å². The van der Waals surface area contributed by atoms with Gasteiger partial charge in [0.15, 0.2) is 0 Å². The van der Waals surface area contributed by atoms with E-state index in [1.807, 2.05) is 0 Å². The molecule has 0 amide bonds. The number of nitrogens with one attached hydrogen (secondary N) is 1. The van der Waals surface area contributed by atoms with Crippen molar-refractivity contribution in [1.82, 2.24) is 4.72 Å². The van der Waals surface area contributed by atoms with Gasteiger partial charge in [-0.2, -0.15) is 8.78 Å². The third-order valence-electron chi connectivity index (χ3n) is 2.23. The number of benzene rings is 1. The van der Waals surface area contributed by atoms with Gasteiger partial charge in [0.05, 0.1) is 17.0 Å². The molecule has 5 nitrogen and oxygen atoms in total. The minimum atomic E-state index is -4.49. The highest BCUT2D eigenvalue weighted by molar-refractivity contribution is 7.89. The quantitative estimate of drug-likeness (QED) is 0.781. The first kappa shape index (κ1) is 16.4. The van der Waals surface area contributed by atoms with E-state index in [1.165, 1.54) is 4.72 Å². The first-order chi connectivity index (χ1) is 9.06. The van der Waals surface area contributed by atoms with Gasteiger partial charge in [0.2, 0.25) is 10.0 Å². The molecule has 0 saturated heterocycles. The number of carboxylic acid groups (broad SMARTS) is 1. The van der Waals surface area contributed by atoms with Crippen molar-refractivity contribution < 1.29 is 35.9 Å². The molecular formula is C10H9F4NO4S. The predicted octanol–water partition coefficient (Wildman–Crippen LogP) is 1.56. The molecule has 0 radical (unpaired) electrons. The van der Waals surface area contributed by atoms with Crippen molar-refractivity contribution in [3.05, 3.63) is 29.8 Å². The second-order valence-corrected chi connectivity index (χ2v) is 5.48. The van der Waals surface area contributed by atoms with Gasteiger partial charge < -0.3 is 5.11 Å². The molecule has 2 N–H and O–H groups in total. The summed E-state index contributed by atoms with van der Waals surface area (Å²) in [5.74, 6) is -5.79. The van der Waals surface area contributed by atoms with E-state index >= 15 is 0 Å². The Morgan fingerprint density at radius 1 is 1.25 bits per heavy atom. The largest absolute Gasteiger partial charge is 0.478 e. The van der Waals surface area contributed by atoms with Crippen LogP contribution < -0.4 is 4.72 Å². The van der Waals surface area contributed by atoms with Crippen LogP contribution in [0, 0.1) is 0 Å². The fourth-order valence-corrected chi connectivity index (χ4v) is 2.17. The van der Waals surface area contributed by atoms with E-state index < -0.39 is 39.8 Å². The van der Waals surface area contributed by atoms with Crippen LogP contribution in [0.2, 0.25) is 0 Å². The van der Waals surface area contributed by atoms with E-state index in [2.05, 4.69) is 0 Å². The second kappa shape index (κ2) is 5.75. The first-order valence-electron chi connectivity index (χ1n) is 5.05. The van der Waals surface area contributed by atoms with Gasteiger partial charge in [-0.25, -0.2) is 26.7 Å². The standard InChI is InChI=1S/C10H9F4NO4S/c11-9(12)10(13,14)5-15-20(18,19)7-3-1-6(2-4-7)8(16)17/h1-4,9,15H,5H2,(H,16,17). The van der Waals surface area contributed by atoms with Crippen molar-refractivity contribution in [2.45, 2.75) is 17.2 Å². The first-order valence-corrected chi connectivity index (χ1v) is 6.53. The molecule has 20 heavy (non-hydrogen) atoms. The van der Waals surface area contributed by atoms with E-state index in [-0.39, 0.29) is 5.56 Å². The van der Waals surface area contributed by atoms with E-state index in [0.717, 1.165) is 24.3 Å². The summed E-state index contributed by atoms with van der Waals surface area (Å²) < 4.78 is 73.4. The zero-order valence-electron chi connectivity index (χ0n) is 9.69. The van der Waals surface area contributed by atoms with Crippen LogP contribution in [0.3, 0.4) is 0 Å². The lowest BCUT2D eigenvalue weighted by Gasteiger charge is -2.15. The average molecular weight is 315 g/mol. The summed E-state index contributed by atoms with van der Waals surface area (Å²) >= 11 is 0. The zero-order chi connectivity index (χ0) is 15.6. The van der Waals surface area contributed by atoms with Crippen LogP contribution in [0.4, 0.5) is 17.6 Å². The molecule has 0 aliphatic carbocycles. The Hall–Kier alpha value is -1.68. The summed E-state index contributed by atoms with van der Waals surface area (Å²) in [4.78, 5) is 10.0. The predicted molar refractivity (Wildman–Crippen MR) is 59.5 cm³/mol. The van der Waals surface area contributed by atoms with Crippen LogP contribution >= 0.6 is 0 Å². The molecule has 0 spiro atoms. The van der Waals surface area contributed by atoms with Crippen molar-refractivity contribution in [1.29, 1.82) is 0 Å². The van der Waals surface area contributed by atoms with Gasteiger partial charge in [0.1, 0.15) is 0 Å². The highest BCUT2D eigenvalue weighted by Gasteiger charge is 2.41. The van der Waals surface area contributed by atoms with Crippen molar-refractivity contribution in [3.8, 4) is 0 Å². The van der Waals surface area contributed by atoms with Gasteiger partial charge in [0, 0.05) is 0 Å². The van der Waals surface area contributed by atoms with Gasteiger partial charge in [-0.3, -0.25) is 0 Å². The normalized spacial score (nSPS) is 12.7. The third kappa shape index (κ3) is 3.90. The Morgan fingerprint density at radius 2 is 1.75 bits per heavy atom. The van der Waals surface area contributed by atoms with Crippen molar-refractivity contribution in [2.24, 2.45) is 0 Å². The maximum atomic E-state index is 12.6. The number of alkyl halides is 4. The maximum Gasteiger partial charge on any atom is 0.335 e. The summed E-state index contributed by atoms with van der Waals surface area (Å²) in [6.07, 6.45) is -4.00. The number of rotatable bonds is 6. The molecule has 0 aromatic heterocycles. The van der Waals surface area contributed by atoms with E-state index in [0.29, 0.717) is 0 Å². The SMILES string of the molecule is O=C(O)c1ccc(S(=O)(=O)NCC(F)(F)C(F)F)cc1. The molecule has 0 saturated carbocycles. The molecule has 112 valence electrons. The van der Waals surface area contributed by atoms with E-state index in [4.69, 9.17) is 5.11 Å². The summed E-state index contributed by atoms with van der Waals surface area (Å²) in [5.41, 5.74) is -0.207. The molecule has 0 aliphatic rings. The number of sulfonamides is 1. The molecule has 0 heterocycles. The van der Waals surface area contributed by atoms with Crippen LogP contribution in [-0.2, 0) is 10.0 Å². The number of aromatic carboxylic acids is 1. The van der Waals surface area contributed by atoms with Crippen LogP contribution in [0.15, 0.2) is 29.2 Å². The number of hydrogen-bond acceptors (Lipinski definition) is 3. The highest BCUT2D eigenvalue weighted by Crippen LogP contribution is 2.22. The lowest BCUT2D eigenvalue weighted by Crippen LogP contribution is -2.41. The lowest BCUT2D eigenvalue weighted by atomic mass is 10.2. The fourth-order valence-electron chi connectivity index (χ4n) is 1.13. The van der Waals surface area contributed by atoms with Gasteiger partial charge in [-0.05, 0) is 24.3 Å². The van der Waals surface area contributed by atoms with Crippen LogP contribution in [0.5, 0.6) is 0 Å². The van der Waals surface area contributed by atoms with Crippen molar-refractivity contribution >= 4 is 16.0 Å². The number of carboxylic acids is 1. The van der Waals surface area contributed by atoms with E-state index in [9.17, 15) is 30.8 Å². The molecular weight excluding hydrogens is 306 g/mol. The Bertz CT molecular complexity index is 586. The monoisotopic (exact) mass is 315 g/mol. The van der Waals surface area contributed by atoms with Gasteiger partial charge in [0.25, 0.3) is 0 Å². The van der Waals surface area contributed by atoms with Gasteiger partial charge in [-0.1, -0.05) is 0 Å². The molecule has 10 heteroatoms. The number of carbonyl (C=O) groups is 1. The molecule has 0 unspecified atom stereocenters. The molecule has 0 bridgehead atoms. The Kier molecular flexibility index (Phi) is 4.71. The summed E-state index contributed by atoms with van der Waals surface area (Å²) in [7, 11) is -4.43. The van der Waals surface area contributed by atoms with Crippen molar-refractivity contribution in [2.75, 3.05) is 6.54 Å². The van der Waals surface area contributed by atoms with Crippen molar-refractivity contribution in [3.63, 3.8) is 0 Å². The topological polar surface area (TPSA) is 83.5 Å². The fraction of sp³-hybridized carbons (Fsp3) is 0.300. The summed E-state index contributed by atoms with van der Waals surface area (Å²) in [5, 5.41) is 8.60. The molecule has 1 rings (SSSR count). The maximum absolute atomic E-state index is 12.6. The second-order valence-electron chi connectivity index (χ2n) is 3.72. The van der Waals surface area contributed by atoms with Gasteiger partial charge in [-0.15, -0.1) is 0 Å². The Labute approximate surface area is 111 Å². The minimum Gasteiger partial charge on any atom is -0.478 e. The Balaban J connectivity index is 2.87.